The summed E-state index contributed by atoms with van der Waals surface area (Å²) in [5.41, 5.74) is 0. The molecule has 6 nitrogen and oxygen atoms in total. The molecule has 0 aromatic carbocycles. The highest BCUT2D eigenvalue weighted by molar-refractivity contribution is 6.44. The number of carbonyl (C=O) groups is 3. The van der Waals surface area contributed by atoms with Crippen LogP contribution in [0.5, 0.6) is 0 Å². The van der Waals surface area contributed by atoms with E-state index in [2.05, 4.69) is 5.32 Å². The molecule has 1 aliphatic heterocycles. The number of hydrogen-bond acceptors (Lipinski definition) is 4. The molecule has 0 unspecified atom stereocenters. The molecule has 0 atom stereocenters. The zero-order valence-electron chi connectivity index (χ0n) is 8.24. The van der Waals surface area contributed by atoms with Crippen molar-refractivity contribution in [3.63, 3.8) is 0 Å². The second-order valence-corrected chi connectivity index (χ2v) is 2.96. The molecule has 14 heavy (non-hydrogen) atoms. The van der Waals surface area contributed by atoms with Crippen LogP contribution in [0.2, 0.25) is 0 Å². The molecular formula is C8H13N3O3. The van der Waals surface area contributed by atoms with Crippen molar-refractivity contribution in [1.82, 2.24) is 15.1 Å². The minimum atomic E-state index is -0.758. The average Bonchev–Trinajstić information content (AvgIpc) is 2.35. The maximum absolute atomic E-state index is 11.3. The van der Waals surface area contributed by atoms with Crippen LogP contribution < -0.4 is 5.32 Å². The lowest BCUT2D eigenvalue weighted by Gasteiger charge is -2.12. The third-order valence-electron chi connectivity index (χ3n) is 2.01. The van der Waals surface area contributed by atoms with E-state index in [9.17, 15) is 14.4 Å². The van der Waals surface area contributed by atoms with E-state index < -0.39 is 17.8 Å². The second-order valence-electron chi connectivity index (χ2n) is 2.96. The first-order chi connectivity index (χ1) is 6.59. The molecule has 0 aliphatic carbocycles. The van der Waals surface area contributed by atoms with Gasteiger partial charge in [-0.25, -0.2) is 4.79 Å². The standard InChI is InChI=1S/C8H13N3O3/c1-3-9-4-5-11-7(13)6(12)10(2)8(11)14/h9H,3-5H2,1-2H3. The Kier molecular flexibility index (Phi) is 3.19. The van der Waals surface area contributed by atoms with Gasteiger partial charge in [-0.1, -0.05) is 6.92 Å². The molecule has 0 saturated carbocycles. The van der Waals surface area contributed by atoms with Crippen molar-refractivity contribution >= 4 is 17.8 Å². The minimum absolute atomic E-state index is 0.238. The van der Waals surface area contributed by atoms with Gasteiger partial charge in [-0.3, -0.25) is 19.4 Å². The smallest absolute Gasteiger partial charge is 0.315 e. The number of rotatable bonds is 4. The van der Waals surface area contributed by atoms with Crippen molar-refractivity contribution in [2.45, 2.75) is 6.92 Å². The lowest BCUT2D eigenvalue weighted by molar-refractivity contribution is -0.142. The Hall–Kier alpha value is -1.43. The summed E-state index contributed by atoms with van der Waals surface area (Å²) in [5, 5.41) is 2.97. The van der Waals surface area contributed by atoms with Gasteiger partial charge in [0.2, 0.25) is 0 Å². The van der Waals surface area contributed by atoms with Crippen molar-refractivity contribution in [2.24, 2.45) is 0 Å². The zero-order chi connectivity index (χ0) is 10.7. The van der Waals surface area contributed by atoms with Crippen LogP contribution in [0.1, 0.15) is 6.92 Å². The van der Waals surface area contributed by atoms with Gasteiger partial charge in [0.25, 0.3) is 0 Å². The molecule has 1 rings (SSSR count). The first kappa shape index (κ1) is 10.6. The maximum atomic E-state index is 11.3. The van der Waals surface area contributed by atoms with Gasteiger partial charge in [-0.05, 0) is 6.54 Å². The molecular weight excluding hydrogens is 186 g/mol. The number of carbonyl (C=O) groups excluding carboxylic acids is 3. The van der Waals surface area contributed by atoms with Gasteiger partial charge in [0.05, 0.1) is 0 Å². The predicted molar refractivity (Wildman–Crippen MR) is 48.4 cm³/mol. The highest BCUT2D eigenvalue weighted by atomic mass is 16.2. The molecule has 4 amide bonds. The largest absolute Gasteiger partial charge is 0.333 e. The van der Waals surface area contributed by atoms with E-state index in [4.69, 9.17) is 0 Å². The van der Waals surface area contributed by atoms with Crippen LogP contribution in [0.3, 0.4) is 0 Å². The Labute approximate surface area is 81.8 Å². The highest BCUT2D eigenvalue weighted by Crippen LogP contribution is 2.08. The molecule has 1 fully saturated rings. The van der Waals surface area contributed by atoms with Gasteiger partial charge in [0, 0.05) is 20.1 Å². The Balaban J connectivity index is 2.57. The van der Waals surface area contributed by atoms with Gasteiger partial charge in [0.15, 0.2) is 0 Å². The number of imide groups is 2. The molecule has 6 heteroatoms. The van der Waals surface area contributed by atoms with Crippen LogP contribution in [-0.2, 0) is 9.59 Å². The second kappa shape index (κ2) is 4.19. The quantitative estimate of drug-likeness (QED) is 0.359. The number of urea groups is 1. The number of likely N-dealkylation sites (N-methyl/N-ethyl adjacent to an activating group) is 2. The number of nitrogens with one attached hydrogen (secondary N) is 1. The van der Waals surface area contributed by atoms with Gasteiger partial charge in [-0.15, -0.1) is 0 Å². The lowest BCUT2D eigenvalue weighted by atomic mass is 10.5. The summed E-state index contributed by atoms with van der Waals surface area (Å²) in [6.07, 6.45) is 0. The first-order valence-corrected chi connectivity index (χ1v) is 4.43. The van der Waals surface area contributed by atoms with Crippen molar-refractivity contribution in [3.8, 4) is 0 Å². The normalized spacial score (nSPS) is 17.1. The Morgan fingerprint density at radius 2 is 1.86 bits per heavy atom. The summed E-state index contributed by atoms with van der Waals surface area (Å²) in [5.74, 6) is -1.50. The van der Waals surface area contributed by atoms with Crippen molar-refractivity contribution in [2.75, 3.05) is 26.7 Å². The van der Waals surface area contributed by atoms with Crippen LogP contribution in [0.4, 0.5) is 4.79 Å². The van der Waals surface area contributed by atoms with Crippen LogP contribution in [-0.4, -0.2) is 54.3 Å². The van der Waals surface area contributed by atoms with Crippen LogP contribution in [0.15, 0.2) is 0 Å². The fraction of sp³-hybridized carbons (Fsp3) is 0.625. The van der Waals surface area contributed by atoms with Gasteiger partial charge in [-0.2, -0.15) is 0 Å². The number of hydrogen-bond donors (Lipinski definition) is 1. The van der Waals surface area contributed by atoms with Gasteiger partial charge in [0.1, 0.15) is 0 Å². The third kappa shape index (κ3) is 1.74. The van der Waals surface area contributed by atoms with E-state index in [1.54, 1.807) is 0 Å². The van der Waals surface area contributed by atoms with Crippen molar-refractivity contribution in [1.29, 1.82) is 0 Å². The highest BCUT2D eigenvalue weighted by Gasteiger charge is 2.41. The summed E-state index contributed by atoms with van der Waals surface area (Å²) in [6, 6.07) is -0.544. The summed E-state index contributed by atoms with van der Waals surface area (Å²) in [4.78, 5) is 35.3. The van der Waals surface area contributed by atoms with Gasteiger partial charge >= 0.3 is 17.8 Å². The molecule has 1 saturated heterocycles. The maximum Gasteiger partial charge on any atom is 0.333 e. The van der Waals surface area contributed by atoms with E-state index in [0.29, 0.717) is 6.54 Å². The zero-order valence-corrected chi connectivity index (χ0v) is 8.24. The molecule has 1 N–H and O–H groups in total. The average molecular weight is 199 g/mol. The Bertz CT molecular complexity index is 277. The molecule has 0 radical (unpaired) electrons. The van der Waals surface area contributed by atoms with E-state index >= 15 is 0 Å². The summed E-state index contributed by atoms with van der Waals surface area (Å²) in [6.45, 7) is 3.43. The summed E-state index contributed by atoms with van der Waals surface area (Å²) >= 11 is 0. The summed E-state index contributed by atoms with van der Waals surface area (Å²) < 4.78 is 0. The predicted octanol–water partition coefficient (Wildman–Crippen LogP) is -0.983. The Morgan fingerprint density at radius 3 is 2.29 bits per heavy atom. The van der Waals surface area contributed by atoms with Crippen LogP contribution in [0, 0.1) is 0 Å². The first-order valence-electron chi connectivity index (χ1n) is 4.43. The van der Waals surface area contributed by atoms with E-state index in [1.807, 2.05) is 6.92 Å². The van der Waals surface area contributed by atoms with Crippen molar-refractivity contribution in [3.05, 3.63) is 0 Å². The van der Waals surface area contributed by atoms with E-state index in [1.165, 1.54) is 7.05 Å². The third-order valence-corrected chi connectivity index (χ3v) is 2.01. The topological polar surface area (TPSA) is 69.7 Å². The van der Waals surface area contributed by atoms with Crippen LogP contribution in [0.25, 0.3) is 0 Å². The molecule has 0 bridgehead atoms. The molecule has 0 aromatic rings. The van der Waals surface area contributed by atoms with E-state index in [-0.39, 0.29) is 6.54 Å². The molecule has 1 aliphatic rings. The SMILES string of the molecule is CCNCCN1C(=O)C(=O)N(C)C1=O. The summed E-state index contributed by atoms with van der Waals surface area (Å²) in [7, 11) is 1.30. The number of nitrogens with zero attached hydrogens (tertiary/aromatic N) is 2. The monoisotopic (exact) mass is 199 g/mol. The fourth-order valence-corrected chi connectivity index (χ4v) is 1.18. The molecule has 1 heterocycles. The van der Waals surface area contributed by atoms with Crippen molar-refractivity contribution < 1.29 is 14.4 Å². The lowest BCUT2D eigenvalue weighted by Crippen LogP contribution is -2.37. The minimum Gasteiger partial charge on any atom is -0.315 e. The Morgan fingerprint density at radius 1 is 1.21 bits per heavy atom. The number of amides is 4. The molecule has 0 spiro atoms. The molecule has 78 valence electrons. The fourth-order valence-electron chi connectivity index (χ4n) is 1.18. The van der Waals surface area contributed by atoms with Crippen LogP contribution >= 0.6 is 0 Å². The molecule has 0 aromatic heterocycles. The van der Waals surface area contributed by atoms with Gasteiger partial charge < -0.3 is 5.32 Å². The van der Waals surface area contributed by atoms with E-state index in [0.717, 1.165) is 16.3 Å².